The lowest BCUT2D eigenvalue weighted by molar-refractivity contribution is 0.661. The molecule has 0 aliphatic heterocycles. The third-order valence-electron chi connectivity index (χ3n) is 15.1. The lowest BCUT2D eigenvalue weighted by atomic mass is 10.00. The number of benzene rings is 4. The van der Waals surface area contributed by atoms with Gasteiger partial charge in [-0.2, -0.15) is 0 Å². The van der Waals surface area contributed by atoms with E-state index in [2.05, 4.69) is 139 Å². The van der Waals surface area contributed by atoms with E-state index in [9.17, 15) is 0 Å². The van der Waals surface area contributed by atoms with Crippen molar-refractivity contribution in [3.8, 4) is 0 Å². The van der Waals surface area contributed by atoms with E-state index < -0.39 is 8.07 Å². The second-order valence-electron chi connectivity index (χ2n) is 21.0. The van der Waals surface area contributed by atoms with Gasteiger partial charge in [0.05, 0.1) is 0 Å². The first-order chi connectivity index (χ1) is 33.0. The first-order valence-electron chi connectivity index (χ1n) is 28.8. The van der Waals surface area contributed by atoms with Crippen molar-refractivity contribution >= 4 is 23.6 Å². The molecule has 4 aromatic rings. The number of rotatable bonds is 36. The Balaban J connectivity index is 1.91. The Kier molecular flexibility index (Phi) is 25.8. The number of hydrogen-bond acceptors (Lipinski definition) is 0. The Labute approximate surface area is 415 Å². The van der Waals surface area contributed by atoms with E-state index in [0.29, 0.717) is 0 Å². The van der Waals surface area contributed by atoms with Crippen molar-refractivity contribution in [3.05, 3.63) is 147 Å². The molecule has 5 rings (SSSR count). The van der Waals surface area contributed by atoms with Crippen molar-refractivity contribution in [2.75, 3.05) is 0 Å². The van der Waals surface area contributed by atoms with Gasteiger partial charge in [0.15, 0.2) is 8.07 Å². The van der Waals surface area contributed by atoms with E-state index in [4.69, 9.17) is 0 Å². The predicted octanol–water partition coefficient (Wildman–Crippen LogP) is 17.9. The number of hydrogen-bond donors (Lipinski definition) is 0. The minimum Gasteiger partial charge on any atom is -0.0805 e. The maximum atomic E-state index is 2.81. The fraction of sp³-hybridized carbons (Fsp3) is 0.576. The van der Waals surface area contributed by atoms with Gasteiger partial charge in [-0.15, -0.1) is 0 Å². The van der Waals surface area contributed by atoms with Crippen LogP contribution in [0.2, 0.25) is 0 Å². The highest BCUT2D eigenvalue weighted by Gasteiger charge is 2.45. The molecule has 0 heterocycles. The summed E-state index contributed by atoms with van der Waals surface area (Å²) in [5, 5.41) is 6.79. The lowest BCUT2D eigenvalue weighted by Crippen LogP contribution is -2.69. The molecule has 0 nitrogen and oxygen atoms in total. The third kappa shape index (κ3) is 17.5. The van der Waals surface area contributed by atoms with Crippen molar-refractivity contribution in [3.63, 3.8) is 0 Å². The van der Waals surface area contributed by atoms with Gasteiger partial charge in [-0.25, -0.2) is 0 Å². The van der Waals surface area contributed by atoms with E-state index >= 15 is 0 Å². The van der Waals surface area contributed by atoms with E-state index in [1.54, 1.807) is 59.7 Å². The average molecular weight is 920 g/mol. The largest absolute Gasteiger partial charge is 0.176 e. The summed E-state index contributed by atoms with van der Waals surface area (Å²) in [6.07, 6.45) is 45.8. The van der Waals surface area contributed by atoms with Gasteiger partial charge >= 0.3 is 0 Å². The summed E-state index contributed by atoms with van der Waals surface area (Å²) >= 11 is 0. The Morgan fingerprint density at radius 2 is 0.627 bits per heavy atom. The molecule has 67 heavy (non-hydrogen) atoms. The monoisotopic (exact) mass is 919 g/mol. The summed E-state index contributed by atoms with van der Waals surface area (Å²) < 4.78 is 0. The topological polar surface area (TPSA) is 0 Å². The Morgan fingerprint density at radius 1 is 0.328 bits per heavy atom. The third-order valence-corrected chi connectivity index (χ3v) is 20.0. The molecule has 0 saturated carbocycles. The summed E-state index contributed by atoms with van der Waals surface area (Å²) in [7, 11) is -2.91. The molecule has 0 atom stereocenters. The molecule has 366 valence electrons. The summed E-state index contributed by atoms with van der Waals surface area (Å²) in [5.41, 5.74) is 12.6. The zero-order valence-corrected chi connectivity index (χ0v) is 45.4. The molecule has 0 radical (unpaired) electrons. The molecule has 0 N–H and O–H groups in total. The van der Waals surface area contributed by atoms with Crippen LogP contribution < -0.4 is 15.6 Å². The molecule has 1 aliphatic carbocycles. The van der Waals surface area contributed by atoms with Crippen molar-refractivity contribution in [2.24, 2.45) is 0 Å². The minimum absolute atomic E-state index is 1.00. The summed E-state index contributed by atoms with van der Waals surface area (Å²) in [6.45, 7) is 14.2. The minimum atomic E-state index is -2.91. The normalized spacial score (nSPS) is 12.8. The van der Waals surface area contributed by atoms with Gasteiger partial charge in [0.1, 0.15) is 0 Å². The fourth-order valence-corrected chi connectivity index (χ4v) is 16.8. The zero-order valence-electron chi connectivity index (χ0n) is 44.4. The molecule has 0 fully saturated rings. The molecule has 0 aromatic heterocycles. The molecule has 0 spiro atoms. The highest BCUT2D eigenvalue weighted by Crippen LogP contribution is 2.34. The summed E-state index contributed by atoms with van der Waals surface area (Å²) in [6, 6.07) is 36.3. The lowest BCUT2D eigenvalue weighted by Gasteiger charge is -2.38. The smallest absolute Gasteiger partial charge is 0.0805 e. The first kappa shape index (κ1) is 54.5. The van der Waals surface area contributed by atoms with Crippen molar-refractivity contribution in [1.29, 1.82) is 0 Å². The van der Waals surface area contributed by atoms with Crippen LogP contribution in [0.25, 0.3) is 0 Å². The first-order valence-corrected chi connectivity index (χ1v) is 30.8. The SMILES string of the molecule is CCCCCCc1cc(CCCCCC)cc([Si](C2=C(Cc3ccccc3)C=CC2)(c2cc(CCCCCC)cc(CCCCCC)c2)c2cc(CCCCCC)cc(CCCCCC)c2)c1. The van der Waals surface area contributed by atoms with E-state index in [-0.39, 0.29) is 0 Å². The van der Waals surface area contributed by atoms with Gasteiger partial charge in [0, 0.05) is 0 Å². The van der Waals surface area contributed by atoms with Crippen molar-refractivity contribution in [1.82, 2.24) is 0 Å². The number of unbranched alkanes of at least 4 members (excludes halogenated alkanes) is 18. The highest BCUT2D eigenvalue weighted by molar-refractivity contribution is 7.16. The maximum Gasteiger partial charge on any atom is 0.176 e. The highest BCUT2D eigenvalue weighted by atomic mass is 28.3. The molecular formula is C66H98Si. The molecule has 0 amide bonds. The van der Waals surface area contributed by atoms with E-state index in [1.165, 1.54) is 198 Å². The van der Waals surface area contributed by atoms with E-state index in [1.807, 2.05) is 0 Å². The van der Waals surface area contributed by atoms with Gasteiger partial charge in [0.2, 0.25) is 0 Å². The average Bonchev–Trinajstić information content (AvgIpc) is 3.80. The van der Waals surface area contributed by atoms with Crippen LogP contribution in [0.3, 0.4) is 0 Å². The quantitative estimate of drug-likeness (QED) is 0.0242. The van der Waals surface area contributed by atoms with Crippen LogP contribution in [0.1, 0.15) is 241 Å². The van der Waals surface area contributed by atoms with Crippen LogP contribution >= 0.6 is 0 Å². The van der Waals surface area contributed by atoms with Gasteiger partial charge in [-0.3, -0.25) is 0 Å². The molecule has 0 saturated heterocycles. The van der Waals surface area contributed by atoms with Crippen molar-refractivity contribution in [2.45, 2.75) is 247 Å². The number of allylic oxidation sites excluding steroid dienone is 4. The molecular weight excluding hydrogens is 821 g/mol. The van der Waals surface area contributed by atoms with Gasteiger partial charge < -0.3 is 0 Å². The Morgan fingerprint density at radius 3 is 0.910 bits per heavy atom. The van der Waals surface area contributed by atoms with Crippen LogP contribution in [0.5, 0.6) is 0 Å². The van der Waals surface area contributed by atoms with Crippen LogP contribution in [0.15, 0.2) is 108 Å². The molecule has 1 aliphatic rings. The standard InChI is InChI=1S/C66H98Si/c1-7-13-19-26-37-56-45-57(38-27-20-14-8-2)50-63(49-56)67(66-44-34-43-62(66)48-55-35-32-25-33-36-55,64-51-58(39-28-21-15-9-3)46-59(52-64)40-29-22-16-10-4)65-53-60(41-30-23-17-11-5)47-61(54-65)42-31-24-18-12-6/h25,32-36,43,45-47,49-54H,7-24,26-31,37-42,44,48H2,1-6H3. The van der Waals surface area contributed by atoms with Gasteiger partial charge in [-0.05, 0) is 150 Å². The van der Waals surface area contributed by atoms with Crippen LogP contribution in [-0.2, 0) is 44.9 Å². The maximum absolute atomic E-state index is 2.91. The van der Waals surface area contributed by atoms with Gasteiger partial charge in [0.25, 0.3) is 0 Å². The van der Waals surface area contributed by atoms with Crippen molar-refractivity contribution < 1.29 is 0 Å². The van der Waals surface area contributed by atoms with Crippen LogP contribution in [0, 0.1) is 0 Å². The second kappa shape index (κ2) is 31.7. The van der Waals surface area contributed by atoms with E-state index in [0.717, 1.165) is 12.8 Å². The fourth-order valence-electron chi connectivity index (χ4n) is 11.3. The Hall–Kier alpha value is -3.42. The van der Waals surface area contributed by atoms with Crippen LogP contribution in [-0.4, -0.2) is 8.07 Å². The molecule has 1 heteroatoms. The van der Waals surface area contributed by atoms with Gasteiger partial charge in [-0.1, -0.05) is 259 Å². The second-order valence-corrected chi connectivity index (χ2v) is 24.8. The summed E-state index contributed by atoms with van der Waals surface area (Å²) in [5.74, 6) is 0. The Bertz CT molecular complexity index is 1760. The summed E-state index contributed by atoms with van der Waals surface area (Å²) in [4.78, 5) is 0. The number of aryl methyl sites for hydroxylation is 6. The molecule has 0 unspecified atom stereocenters. The zero-order chi connectivity index (χ0) is 47.4. The van der Waals surface area contributed by atoms with Crippen LogP contribution in [0.4, 0.5) is 0 Å². The molecule has 4 aromatic carbocycles. The molecule has 0 bridgehead atoms. The predicted molar refractivity (Wildman–Crippen MR) is 302 cm³/mol.